The first-order valence-corrected chi connectivity index (χ1v) is 9.93. The van der Waals surface area contributed by atoms with Crippen LogP contribution >= 0.6 is 0 Å². The number of halogens is 1. The molecule has 1 aliphatic heterocycles. The second-order valence-corrected chi connectivity index (χ2v) is 7.54. The van der Waals surface area contributed by atoms with Gasteiger partial charge in [-0.15, -0.1) is 0 Å². The van der Waals surface area contributed by atoms with E-state index in [4.69, 9.17) is 0 Å². The minimum Gasteiger partial charge on any atom is -0.506 e. The lowest BCUT2D eigenvalue weighted by Gasteiger charge is -2.20. The van der Waals surface area contributed by atoms with Crippen molar-refractivity contribution in [3.05, 3.63) is 81.2 Å². The van der Waals surface area contributed by atoms with Crippen LogP contribution in [-0.2, 0) is 11.3 Å². The van der Waals surface area contributed by atoms with Gasteiger partial charge in [0.2, 0.25) is 11.6 Å². The first-order chi connectivity index (χ1) is 15.4. The number of nitro groups is 1. The Balaban J connectivity index is 1.91. The molecule has 2 aromatic carbocycles. The van der Waals surface area contributed by atoms with Gasteiger partial charge in [0.05, 0.1) is 21.8 Å². The number of fused-ring (bicyclic) bond motifs is 2. The summed E-state index contributed by atoms with van der Waals surface area (Å²) in [6.45, 7) is 0.885. The average Bonchev–Trinajstić information content (AvgIpc) is 3.13. The molecule has 0 radical (unpaired) electrons. The molecular weight excluding hydrogens is 417 g/mol. The quantitative estimate of drug-likeness (QED) is 0.363. The van der Waals surface area contributed by atoms with Gasteiger partial charge in [-0.1, -0.05) is 24.3 Å². The standard InChI is InChI=1S/C23H16FN3O5/c24-13-8-6-12(7-9-13)18-16(19(27(31)32)23-25-10-3-11-26(18)23)17-20(28)14-4-1-2-5-15(14)21(29)22(17)30/h1-2,4-9,25,28H,3,10-11H2. The van der Waals surface area contributed by atoms with Crippen molar-refractivity contribution in [2.75, 3.05) is 11.9 Å². The Labute approximate surface area is 180 Å². The Morgan fingerprint density at radius 2 is 1.72 bits per heavy atom. The number of aromatic nitrogens is 1. The zero-order valence-corrected chi connectivity index (χ0v) is 16.6. The summed E-state index contributed by atoms with van der Waals surface area (Å²) in [5.74, 6) is -2.71. The molecule has 2 heterocycles. The lowest BCUT2D eigenvalue weighted by molar-refractivity contribution is -0.384. The van der Waals surface area contributed by atoms with Gasteiger partial charge < -0.3 is 15.0 Å². The molecule has 0 amide bonds. The molecule has 0 atom stereocenters. The highest BCUT2D eigenvalue weighted by Crippen LogP contribution is 2.48. The van der Waals surface area contributed by atoms with E-state index in [0.717, 1.165) is 0 Å². The van der Waals surface area contributed by atoms with Crippen molar-refractivity contribution < 1.29 is 24.0 Å². The monoisotopic (exact) mass is 433 g/mol. The summed E-state index contributed by atoms with van der Waals surface area (Å²) in [4.78, 5) is 37.5. The second-order valence-electron chi connectivity index (χ2n) is 7.54. The molecule has 0 fully saturated rings. The lowest BCUT2D eigenvalue weighted by atomic mass is 9.84. The van der Waals surface area contributed by atoms with Crippen LogP contribution < -0.4 is 5.32 Å². The number of hydrogen-bond donors (Lipinski definition) is 2. The normalized spacial score (nSPS) is 15.3. The fourth-order valence-electron chi connectivity index (χ4n) is 4.37. The van der Waals surface area contributed by atoms with Gasteiger partial charge in [-0.3, -0.25) is 19.7 Å². The maximum absolute atomic E-state index is 13.6. The van der Waals surface area contributed by atoms with Crippen LogP contribution in [0.3, 0.4) is 0 Å². The third-order valence-electron chi connectivity index (χ3n) is 5.74. The highest BCUT2D eigenvalue weighted by atomic mass is 19.1. The van der Waals surface area contributed by atoms with Crippen LogP contribution in [-0.4, -0.2) is 32.7 Å². The highest BCUT2D eigenvalue weighted by molar-refractivity contribution is 6.62. The van der Waals surface area contributed by atoms with Crippen molar-refractivity contribution in [2.24, 2.45) is 0 Å². The van der Waals surface area contributed by atoms with Crippen LogP contribution in [0.4, 0.5) is 15.9 Å². The SMILES string of the molecule is O=C1C(=O)c2ccccc2C(O)=C1c1c([N+](=O)[O-])c2n(c1-c1ccc(F)cc1)CCCN2. The van der Waals surface area contributed by atoms with E-state index >= 15 is 0 Å². The van der Waals surface area contributed by atoms with Crippen molar-refractivity contribution in [3.8, 4) is 11.3 Å². The summed E-state index contributed by atoms with van der Waals surface area (Å²) in [7, 11) is 0. The van der Waals surface area contributed by atoms with E-state index in [0.29, 0.717) is 25.1 Å². The van der Waals surface area contributed by atoms with E-state index in [9.17, 15) is 29.2 Å². The second kappa shape index (κ2) is 7.16. The zero-order valence-electron chi connectivity index (χ0n) is 16.6. The van der Waals surface area contributed by atoms with Crippen molar-refractivity contribution in [3.63, 3.8) is 0 Å². The molecule has 0 spiro atoms. The molecular formula is C23H16FN3O5. The van der Waals surface area contributed by atoms with Gasteiger partial charge in [-0.25, -0.2) is 4.39 Å². The number of aliphatic hydroxyl groups excluding tert-OH is 1. The highest BCUT2D eigenvalue weighted by Gasteiger charge is 2.42. The minimum absolute atomic E-state index is 0.0341. The molecule has 0 bridgehead atoms. The van der Waals surface area contributed by atoms with Gasteiger partial charge in [0.1, 0.15) is 11.6 Å². The molecule has 8 nitrogen and oxygen atoms in total. The number of nitrogens with zero attached hydrogens (tertiary/aromatic N) is 2. The molecule has 0 saturated heterocycles. The third-order valence-corrected chi connectivity index (χ3v) is 5.74. The smallest absolute Gasteiger partial charge is 0.319 e. The fourth-order valence-corrected chi connectivity index (χ4v) is 4.37. The predicted molar refractivity (Wildman–Crippen MR) is 115 cm³/mol. The number of carbonyl (C=O) groups excluding carboxylic acids is 2. The first kappa shape index (κ1) is 19.7. The van der Waals surface area contributed by atoms with E-state index < -0.39 is 39.3 Å². The number of aliphatic hydroxyl groups is 1. The molecule has 160 valence electrons. The van der Waals surface area contributed by atoms with Crippen molar-refractivity contribution >= 4 is 34.4 Å². The maximum Gasteiger partial charge on any atom is 0.319 e. The Bertz CT molecular complexity index is 1350. The molecule has 3 aromatic rings. The number of allylic oxidation sites excluding steroid dienone is 1. The van der Waals surface area contributed by atoms with Crippen LogP contribution in [0.25, 0.3) is 22.6 Å². The van der Waals surface area contributed by atoms with Gasteiger partial charge in [0.25, 0.3) is 0 Å². The van der Waals surface area contributed by atoms with Gasteiger partial charge in [0, 0.05) is 24.2 Å². The molecule has 9 heteroatoms. The molecule has 2 aliphatic rings. The van der Waals surface area contributed by atoms with E-state index in [1.165, 1.54) is 36.4 Å². The van der Waals surface area contributed by atoms with Crippen molar-refractivity contribution in [1.82, 2.24) is 4.57 Å². The number of ketones is 2. The molecule has 0 unspecified atom stereocenters. The van der Waals surface area contributed by atoms with Crippen LogP contribution in [0.15, 0.2) is 48.5 Å². The molecule has 32 heavy (non-hydrogen) atoms. The Morgan fingerprint density at radius 1 is 1.03 bits per heavy atom. The summed E-state index contributed by atoms with van der Waals surface area (Å²) in [5, 5.41) is 26.2. The molecule has 2 N–H and O–H groups in total. The van der Waals surface area contributed by atoms with Gasteiger partial charge in [-0.2, -0.15) is 0 Å². The lowest BCUT2D eigenvalue weighted by Crippen LogP contribution is -2.23. The third kappa shape index (κ3) is 2.74. The number of nitrogens with one attached hydrogen (secondary N) is 1. The van der Waals surface area contributed by atoms with Gasteiger partial charge in [-0.05, 0) is 36.2 Å². The fraction of sp³-hybridized carbons (Fsp3) is 0.130. The van der Waals surface area contributed by atoms with Crippen LogP contribution in [0.2, 0.25) is 0 Å². The van der Waals surface area contributed by atoms with Crippen molar-refractivity contribution in [1.29, 1.82) is 0 Å². The molecule has 5 rings (SSSR count). The van der Waals surface area contributed by atoms with Crippen molar-refractivity contribution in [2.45, 2.75) is 13.0 Å². The number of anilines is 1. The largest absolute Gasteiger partial charge is 0.506 e. The van der Waals surface area contributed by atoms with Crippen LogP contribution in [0.5, 0.6) is 0 Å². The van der Waals surface area contributed by atoms with E-state index in [1.54, 1.807) is 16.7 Å². The average molecular weight is 433 g/mol. The van der Waals surface area contributed by atoms with Gasteiger partial charge >= 0.3 is 5.69 Å². The number of rotatable bonds is 3. The topological polar surface area (TPSA) is 114 Å². The number of hydrogen-bond acceptors (Lipinski definition) is 6. The van der Waals surface area contributed by atoms with E-state index in [-0.39, 0.29) is 28.2 Å². The summed E-state index contributed by atoms with van der Waals surface area (Å²) < 4.78 is 15.2. The van der Waals surface area contributed by atoms with Crippen LogP contribution in [0, 0.1) is 15.9 Å². The summed E-state index contributed by atoms with van der Waals surface area (Å²) in [6.07, 6.45) is 0.660. The first-order valence-electron chi connectivity index (χ1n) is 9.93. The van der Waals surface area contributed by atoms with Gasteiger partial charge in [0.15, 0.2) is 5.82 Å². The zero-order chi connectivity index (χ0) is 22.6. The van der Waals surface area contributed by atoms with E-state index in [2.05, 4.69) is 5.32 Å². The summed E-state index contributed by atoms with van der Waals surface area (Å²) >= 11 is 0. The number of benzene rings is 2. The molecule has 1 aromatic heterocycles. The summed E-state index contributed by atoms with van der Waals surface area (Å²) in [6, 6.07) is 11.4. The Kier molecular flexibility index (Phi) is 4.40. The summed E-state index contributed by atoms with van der Waals surface area (Å²) in [5.41, 5.74) is -0.152. The molecule has 0 saturated carbocycles. The predicted octanol–water partition coefficient (Wildman–Crippen LogP) is 4.21. The molecule has 1 aliphatic carbocycles. The van der Waals surface area contributed by atoms with E-state index in [1.807, 2.05) is 0 Å². The van der Waals surface area contributed by atoms with Crippen LogP contribution in [0.1, 0.15) is 27.9 Å². The number of carbonyl (C=O) groups is 2. The Morgan fingerprint density at radius 3 is 2.41 bits per heavy atom. The maximum atomic E-state index is 13.6. The number of Topliss-reactive ketones (excluding diaryl/α,β-unsaturated/α-hetero) is 2. The Hall–Kier alpha value is -4.27. The minimum atomic E-state index is -1.03.